The third-order valence-electron chi connectivity index (χ3n) is 3.79. The van der Waals surface area contributed by atoms with E-state index in [-0.39, 0.29) is 11.9 Å². The number of nitrogens with zero attached hydrogens (tertiary/aromatic N) is 3. The quantitative estimate of drug-likeness (QED) is 0.808. The summed E-state index contributed by atoms with van der Waals surface area (Å²) in [5, 5.41) is 8.74. The van der Waals surface area contributed by atoms with Gasteiger partial charge >= 0.3 is 0 Å². The van der Waals surface area contributed by atoms with Crippen LogP contribution in [0.15, 0.2) is 30.6 Å². The second-order valence-electron chi connectivity index (χ2n) is 5.99. The zero-order chi connectivity index (χ0) is 17.3. The molecule has 2 N–H and O–H groups in total. The van der Waals surface area contributed by atoms with Crippen LogP contribution in [0.4, 0.5) is 5.95 Å². The van der Waals surface area contributed by atoms with Crippen LogP contribution in [0.3, 0.4) is 0 Å². The summed E-state index contributed by atoms with van der Waals surface area (Å²) in [6.45, 7) is 3.85. The molecule has 124 valence electrons. The number of benzene rings is 1. The van der Waals surface area contributed by atoms with Gasteiger partial charge in [0.05, 0.1) is 11.1 Å². The Morgan fingerprint density at radius 1 is 1.21 bits per heavy atom. The average Bonchev–Trinajstić information content (AvgIpc) is 3.14. The molecule has 0 fully saturated rings. The highest BCUT2D eigenvalue weighted by molar-refractivity contribution is 6.23. The molecule has 2 heterocycles. The molecule has 0 saturated carbocycles. The molecule has 8 nitrogen and oxygen atoms in total. The molecule has 0 spiro atoms. The Balaban J connectivity index is 1.91. The van der Waals surface area contributed by atoms with Crippen molar-refractivity contribution in [3.8, 4) is 0 Å². The number of carbonyl (C=O) groups excluding carboxylic acids is 3. The van der Waals surface area contributed by atoms with Crippen molar-refractivity contribution in [2.45, 2.75) is 26.3 Å². The summed E-state index contributed by atoms with van der Waals surface area (Å²) in [5.41, 5.74) is 0.646. The van der Waals surface area contributed by atoms with E-state index in [1.807, 2.05) is 13.8 Å². The van der Waals surface area contributed by atoms with Crippen LogP contribution in [0.1, 0.15) is 41.0 Å². The number of anilines is 1. The number of hydrogen-bond donors (Lipinski definition) is 2. The second-order valence-corrected chi connectivity index (χ2v) is 5.99. The first-order chi connectivity index (χ1) is 11.5. The molecule has 0 saturated heterocycles. The van der Waals surface area contributed by atoms with Crippen LogP contribution in [0.2, 0.25) is 0 Å². The van der Waals surface area contributed by atoms with Crippen molar-refractivity contribution in [2.75, 3.05) is 5.32 Å². The molecule has 0 bridgehead atoms. The first-order valence-electron chi connectivity index (χ1n) is 7.62. The third-order valence-corrected chi connectivity index (χ3v) is 3.79. The maximum absolute atomic E-state index is 12.6. The minimum Gasteiger partial charge on any atom is -0.293 e. The predicted octanol–water partition coefficient (Wildman–Crippen LogP) is 1.45. The fourth-order valence-electron chi connectivity index (χ4n) is 2.73. The van der Waals surface area contributed by atoms with Gasteiger partial charge in [0.1, 0.15) is 12.4 Å². The lowest BCUT2D eigenvalue weighted by molar-refractivity contribution is -0.120. The monoisotopic (exact) mass is 327 g/mol. The molecule has 3 amide bonds. The number of imide groups is 1. The highest BCUT2D eigenvalue weighted by atomic mass is 16.2. The fraction of sp³-hybridized carbons (Fsp3) is 0.312. The van der Waals surface area contributed by atoms with E-state index in [1.54, 1.807) is 24.3 Å². The van der Waals surface area contributed by atoms with Gasteiger partial charge in [-0.05, 0) is 24.5 Å². The summed E-state index contributed by atoms with van der Waals surface area (Å²) in [4.78, 5) is 42.8. The number of hydrogen-bond acceptors (Lipinski definition) is 5. The van der Waals surface area contributed by atoms with Gasteiger partial charge in [-0.2, -0.15) is 10.1 Å². The summed E-state index contributed by atoms with van der Waals surface area (Å²) in [6, 6.07) is 5.66. The molecule has 24 heavy (non-hydrogen) atoms. The van der Waals surface area contributed by atoms with Gasteiger partial charge in [-0.15, -0.1) is 0 Å². The van der Waals surface area contributed by atoms with E-state index in [1.165, 1.54) is 6.33 Å². The Bertz CT molecular complexity index is 750. The van der Waals surface area contributed by atoms with E-state index in [0.29, 0.717) is 17.5 Å². The lowest BCUT2D eigenvalue weighted by atomic mass is 10.0. The lowest BCUT2D eigenvalue weighted by Gasteiger charge is -2.26. The summed E-state index contributed by atoms with van der Waals surface area (Å²) in [7, 11) is 0. The van der Waals surface area contributed by atoms with E-state index in [0.717, 1.165) is 4.90 Å². The van der Waals surface area contributed by atoms with Crippen molar-refractivity contribution in [3.63, 3.8) is 0 Å². The molecule has 3 rings (SSSR count). The molecule has 1 atom stereocenters. The maximum Gasteiger partial charge on any atom is 0.262 e. The van der Waals surface area contributed by atoms with Crippen LogP contribution in [-0.2, 0) is 4.79 Å². The maximum atomic E-state index is 12.6. The van der Waals surface area contributed by atoms with E-state index in [9.17, 15) is 14.4 Å². The minimum atomic E-state index is -0.914. The summed E-state index contributed by atoms with van der Waals surface area (Å²) in [5.74, 6) is -1.09. The van der Waals surface area contributed by atoms with Crippen LogP contribution in [0.25, 0.3) is 0 Å². The standard InChI is InChI=1S/C16H17N5O3/c1-9(2)7-12(13(22)19-16-17-8-18-20-16)21-14(23)10-5-3-4-6-11(10)15(21)24/h3-6,8-9,12H,7H2,1-2H3,(H2,17,18,19,20,22)/t12-/m1/s1. The summed E-state index contributed by atoms with van der Waals surface area (Å²) in [6.07, 6.45) is 1.61. The molecule has 0 aliphatic carbocycles. The zero-order valence-corrected chi connectivity index (χ0v) is 13.3. The Morgan fingerprint density at radius 3 is 2.33 bits per heavy atom. The summed E-state index contributed by atoms with van der Waals surface area (Å²) < 4.78 is 0. The minimum absolute atomic E-state index is 0.111. The molecule has 8 heteroatoms. The van der Waals surface area contributed by atoms with E-state index in [4.69, 9.17) is 0 Å². The number of nitrogens with one attached hydrogen (secondary N) is 2. The summed E-state index contributed by atoms with van der Waals surface area (Å²) >= 11 is 0. The number of carbonyl (C=O) groups is 3. The van der Waals surface area contributed by atoms with Crippen LogP contribution in [-0.4, -0.2) is 43.8 Å². The fourth-order valence-corrected chi connectivity index (χ4v) is 2.73. The number of aromatic nitrogens is 3. The van der Waals surface area contributed by atoms with Gasteiger partial charge in [0.2, 0.25) is 11.9 Å². The Morgan fingerprint density at radius 2 is 1.83 bits per heavy atom. The molecule has 1 aromatic carbocycles. The molecule has 1 aliphatic heterocycles. The number of rotatable bonds is 5. The zero-order valence-electron chi connectivity index (χ0n) is 13.3. The van der Waals surface area contributed by atoms with Gasteiger partial charge in [0.25, 0.3) is 11.8 Å². The number of fused-ring (bicyclic) bond motifs is 1. The van der Waals surface area contributed by atoms with Crippen molar-refractivity contribution in [1.82, 2.24) is 20.1 Å². The highest BCUT2D eigenvalue weighted by Crippen LogP contribution is 2.27. The largest absolute Gasteiger partial charge is 0.293 e. The molecule has 1 aliphatic rings. The number of aromatic amines is 1. The van der Waals surface area contributed by atoms with Gasteiger partial charge in [-0.25, -0.2) is 5.10 Å². The van der Waals surface area contributed by atoms with E-state index in [2.05, 4.69) is 20.5 Å². The molecular weight excluding hydrogens is 310 g/mol. The normalized spacial score (nSPS) is 14.9. The second kappa shape index (κ2) is 6.23. The smallest absolute Gasteiger partial charge is 0.262 e. The van der Waals surface area contributed by atoms with Gasteiger partial charge in [0, 0.05) is 0 Å². The lowest BCUT2D eigenvalue weighted by Crippen LogP contribution is -2.48. The van der Waals surface area contributed by atoms with Crippen LogP contribution >= 0.6 is 0 Å². The molecule has 2 aromatic rings. The average molecular weight is 327 g/mol. The van der Waals surface area contributed by atoms with Crippen molar-refractivity contribution in [1.29, 1.82) is 0 Å². The van der Waals surface area contributed by atoms with Crippen molar-refractivity contribution in [3.05, 3.63) is 41.7 Å². The van der Waals surface area contributed by atoms with Crippen LogP contribution in [0.5, 0.6) is 0 Å². The predicted molar refractivity (Wildman–Crippen MR) is 85.2 cm³/mol. The Labute approximate surface area is 138 Å². The molecule has 1 aromatic heterocycles. The first kappa shape index (κ1) is 15.9. The van der Waals surface area contributed by atoms with Crippen molar-refractivity contribution < 1.29 is 14.4 Å². The third kappa shape index (κ3) is 2.78. The molecular formula is C16H17N5O3. The SMILES string of the molecule is CC(C)C[C@H](C(=O)Nc1ncn[nH]1)N1C(=O)c2ccccc2C1=O. The van der Waals surface area contributed by atoms with Gasteiger partial charge < -0.3 is 0 Å². The number of amides is 3. The first-order valence-corrected chi connectivity index (χ1v) is 7.62. The molecule has 0 radical (unpaired) electrons. The van der Waals surface area contributed by atoms with E-state index < -0.39 is 23.8 Å². The topological polar surface area (TPSA) is 108 Å². The highest BCUT2D eigenvalue weighted by Gasteiger charge is 2.42. The number of H-pyrrole nitrogens is 1. The van der Waals surface area contributed by atoms with Gasteiger partial charge in [-0.3, -0.25) is 24.6 Å². The van der Waals surface area contributed by atoms with Gasteiger partial charge in [0.15, 0.2) is 0 Å². The van der Waals surface area contributed by atoms with Crippen molar-refractivity contribution in [2.24, 2.45) is 5.92 Å². The van der Waals surface area contributed by atoms with Gasteiger partial charge in [-0.1, -0.05) is 26.0 Å². The van der Waals surface area contributed by atoms with E-state index >= 15 is 0 Å². The van der Waals surface area contributed by atoms with Crippen LogP contribution < -0.4 is 5.32 Å². The Kier molecular flexibility index (Phi) is 4.11. The Hall–Kier alpha value is -3.03. The van der Waals surface area contributed by atoms with Crippen molar-refractivity contribution >= 4 is 23.7 Å². The molecule has 0 unspecified atom stereocenters. The van der Waals surface area contributed by atoms with Crippen LogP contribution in [0, 0.1) is 5.92 Å².